The van der Waals surface area contributed by atoms with E-state index in [9.17, 15) is 55.6 Å². The average Bonchev–Trinajstić information content (AvgIpc) is 4.28. The Morgan fingerprint density at radius 2 is 0.885 bits per heavy atom. The van der Waals surface area contributed by atoms with E-state index in [0.29, 0.717) is 24.3 Å². The van der Waals surface area contributed by atoms with Crippen LogP contribution in [0, 0.1) is 11.6 Å². The summed E-state index contributed by atoms with van der Waals surface area (Å²) in [5.74, 6) is -0.894. The molecule has 2 heterocycles. The van der Waals surface area contributed by atoms with Crippen molar-refractivity contribution in [1.29, 1.82) is 0 Å². The molecule has 0 spiro atoms. The highest BCUT2D eigenvalue weighted by atomic mass is 32.2. The van der Waals surface area contributed by atoms with Crippen LogP contribution in [0.4, 0.5) is 8.78 Å². The van der Waals surface area contributed by atoms with Gasteiger partial charge in [-0.1, -0.05) is 99.8 Å². The van der Waals surface area contributed by atoms with Crippen LogP contribution in [0.15, 0.2) is 109 Å². The lowest BCUT2D eigenvalue weighted by Crippen LogP contribution is -2.20. The van der Waals surface area contributed by atoms with Crippen molar-refractivity contribution in [3.05, 3.63) is 143 Å². The maximum absolute atomic E-state index is 13.6. The van der Waals surface area contributed by atoms with Gasteiger partial charge in [0, 0.05) is 57.7 Å². The third kappa shape index (κ3) is 22.2. The molecular formula is C58H72F2N2O14S2. The number of benzene rings is 4. The second kappa shape index (κ2) is 30.7. The molecule has 424 valence electrons. The van der Waals surface area contributed by atoms with Crippen LogP contribution in [-0.2, 0) is 39.3 Å². The fourth-order valence-corrected chi connectivity index (χ4v) is 8.14. The number of hydrogen-bond donors (Lipinski definition) is 6. The Kier molecular flexibility index (Phi) is 25.9. The number of halogens is 2. The number of carbonyl (C=O) groups excluding carboxylic acids is 2. The first kappa shape index (κ1) is 65.9. The summed E-state index contributed by atoms with van der Waals surface area (Å²) < 4.78 is 88.7. The highest BCUT2D eigenvalue weighted by Gasteiger charge is 2.31. The van der Waals surface area contributed by atoms with Gasteiger partial charge in [-0.3, -0.25) is 28.7 Å². The number of carbonyl (C=O) groups is 2. The van der Waals surface area contributed by atoms with E-state index in [4.69, 9.17) is 28.5 Å². The van der Waals surface area contributed by atoms with Gasteiger partial charge in [-0.05, 0) is 87.1 Å². The highest BCUT2D eigenvalue weighted by Crippen LogP contribution is 2.47. The van der Waals surface area contributed by atoms with Gasteiger partial charge in [0.15, 0.2) is 0 Å². The fourth-order valence-electron chi connectivity index (χ4n) is 8.14. The maximum Gasteiger partial charge on any atom is 0.308 e. The lowest BCUT2D eigenvalue weighted by atomic mass is 9.92. The van der Waals surface area contributed by atoms with Crippen LogP contribution in [0.3, 0.4) is 0 Å². The molecule has 2 fully saturated rings. The topological polar surface area (TPSA) is 268 Å². The minimum Gasteiger partial charge on any atom is -0.466 e. The van der Waals surface area contributed by atoms with E-state index >= 15 is 0 Å². The molecule has 0 unspecified atom stereocenters. The zero-order valence-electron chi connectivity index (χ0n) is 42.5. The van der Waals surface area contributed by atoms with Gasteiger partial charge < -0.3 is 29.9 Å². The predicted molar refractivity (Wildman–Crippen MR) is 300 cm³/mol. The first-order valence-electron chi connectivity index (χ1n) is 24.5. The van der Waals surface area contributed by atoms with E-state index in [1.165, 1.54) is 24.3 Å². The number of ether oxygens (including phenoxy) is 2. The second-order valence-corrected chi connectivity index (χ2v) is 21.2. The van der Waals surface area contributed by atoms with Gasteiger partial charge >= 0.3 is 11.9 Å². The van der Waals surface area contributed by atoms with Gasteiger partial charge in [0.05, 0.1) is 85.4 Å². The van der Waals surface area contributed by atoms with Gasteiger partial charge in [0.25, 0.3) is 20.2 Å². The van der Waals surface area contributed by atoms with Gasteiger partial charge in [-0.15, -0.1) is 0 Å². The van der Waals surface area contributed by atoms with Gasteiger partial charge in [0.1, 0.15) is 11.6 Å². The molecule has 2 saturated carbocycles. The number of aromatic nitrogens is 2. The molecule has 6 N–H and O–H groups in total. The molecular weight excluding hydrogens is 1050 g/mol. The predicted octanol–water partition coefficient (Wildman–Crippen LogP) is 10.3. The molecule has 6 aromatic rings. The van der Waals surface area contributed by atoms with Crippen LogP contribution in [0.2, 0.25) is 0 Å². The SMILES string of the molecule is C.C.CCOC(=O)C[C@H](O)C[C@H](O)/C=C/c1c(C2CC2)nc2ccccc2c1-c1ccc(F)cc1.CCOC(=O)C[C@H](O)C[C@H](O)/C=C/c1c(C2CC2)nc2ccccc2c1-c1ccc(F)cc1.CS(=O)(=O)O.CS(=O)(=O)O. The number of aliphatic hydroxyl groups excluding tert-OH is 4. The molecule has 0 amide bonds. The largest absolute Gasteiger partial charge is 0.466 e. The number of aliphatic hydroxyl groups is 4. The number of pyridine rings is 2. The summed E-state index contributed by atoms with van der Waals surface area (Å²) in [6, 6.07) is 28.5. The smallest absolute Gasteiger partial charge is 0.308 e. The zero-order valence-corrected chi connectivity index (χ0v) is 44.1. The Hall–Kier alpha value is -6.36. The summed E-state index contributed by atoms with van der Waals surface area (Å²) in [4.78, 5) is 33.0. The summed E-state index contributed by atoms with van der Waals surface area (Å²) in [5, 5.41) is 43.2. The van der Waals surface area contributed by atoms with Crippen LogP contribution in [0.5, 0.6) is 0 Å². The molecule has 0 saturated heterocycles. The van der Waals surface area contributed by atoms with E-state index in [-0.39, 0.29) is 65.4 Å². The third-order valence-electron chi connectivity index (χ3n) is 11.5. The van der Waals surface area contributed by atoms with Crippen LogP contribution >= 0.6 is 0 Å². The van der Waals surface area contributed by atoms with Crippen molar-refractivity contribution in [2.24, 2.45) is 0 Å². The van der Waals surface area contributed by atoms with E-state index in [1.807, 2.05) is 60.7 Å². The van der Waals surface area contributed by atoms with Crippen molar-refractivity contribution in [3.8, 4) is 22.3 Å². The summed E-state index contributed by atoms with van der Waals surface area (Å²) in [6.07, 6.45) is 8.37. The van der Waals surface area contributed by atoms with E-state index in [1.54, 1.807) is 50.3 Å². The summed E-state index contributed by atoms with van der Waals surface area (Å²) >= 11 is 0. The van der Waals surface area contributed by atoms with Crippen LogP contribution in [0.1, 0.15) is 114 Å². The lowest BCUT2D eigenvalue weighted by molar-refractivity contribution is -0.146. The standard InChI is InChI=1S/2C27H28FNO4.2CH4O3S.2CH4/c2*1-2-33-25(32)16-21(31)15-20(30)13-14-23-26(17-9-11-19(28)12-10-17)22-5-3-4-6-24(22)29-27(23)18-7-8-18;2*1-5(2,3)4;;/h2*3-6,9-14,18,20-21,30-31H,2,7-8,15-16H2,1H3;2*1H3,(H,2,3,4);2*1H4/b2*14-13+;;;;/t2*20-,21-;;;;/m11..../s1. The van der Waals surface area contributed by atoms with E-state index in [2.05, 4.69) is 0 Å². The summed E-state index contributed by atoms with van der Waals surface area (Å²) in [7, 11) is -7.33. The minimum atomic E-state index is -3.67. The van der Waals surface area contributed by atoms with Crippen molar-refractivity contribution < 1.29 is 74.2 Å². The monoisotopic (exact) mass is 1120 g/mol. The fraction of sp³-hybridized carbons (Fsp3) is 0.379. The first-order valence-corrected chi connectivity index (χ1v) is 28.2. The Bertz CT molecular complexity index is 2970. The number of esters is 2. The van der Waals surface area contributed by atoms with Crippen LogP contribution in [-0.4, -0.2) is 118 Å². The van der Waals surface area contributed by atoms with Gasteiger partial charge in [-0.25, -0.2) is 8.78 Å². The molecule has 8 rings (SSSR count). The molecule has 2 aliphatic rings. The molecule has 0 radical (unpaired) electrons. The molecule has 4 atom stereocenters. The number of fused-ring (bicyclic) bond motifs is 2. The lowest BCUT2D eigenvalue weighted by Gasteiger charge is -2.16. The highest BCUT2D eigenvalue weighted by molar-refractivity contribution is 7.85. The summed E-state index contributed by atoms with van der Waals surface area (Å²) in [6.45, 7) is 3.91. The molecule has 78 heavy (non-hydrogen) atoms. The summed E-state index contributed by atoms with van der Waals surface area (Å²) in [5.41, 5.74) is 9.08. The third-order valence-corrected chi connectivity index (χ3v) is 11.5. The van der Waals surface area contributed by atoms with Gasteiger partial charge in [0.2, 0.25) is 0 Å². The molecule has 2 aromatic heterocycles. The Morgan fingerprint density at radius 3 is 1.18 bits per heavy atom. The van der Waals surface area contributed by atoms with Crippen LogP contribution < -0.4 is 0 Å². The van der Waals surface area contributed by atoms with Crippen molar-refractivity contribution in [2.75, 3.05) is 25.7 Å². The first-order chi connectivity index (χ1) is 35.9. The van der Waals surface area contributed by atoms with E-state index < -0.39 is 56.6 Å². The quantitative estimate of drug-likeness (QED) is 0.0345. The number of hydrogen-bond acceptors (Lipinski definition) is 14. The van der Waals surface area contributed by atoms with Crippen molar-refractivity contribution >= 4 is 66.1 Å². The Morgan fingerprint density at radius 1 is 0.577 bits per heavy atom. The van der Waals surface area contributed by atoms with Gasteiger partial charge in [-0.2, -0.15) is 16.8 Å². The van der Waals surface area contributed by atoms with E-state index in [0.717, 1.165) is 92.3 Å². The zero-order chi connectivity index (χ0) is 55.7. The normalized spacial score (nSPS) is 14.7. The molecule has 16 nitrogen and oxygen atoms in total. The van der Waals surface area contributed by atoms with Crippen molar-refractivity contribution in [3.63, 3.8) is 0 Å². The minimum absolute atomic E-state index is 0. The molecule has 2 aliphatic carbocycles. The van der Waals surface area contributed by atoms with Crippen LogP contribution in [0.25, 0.3) is 56.2 Å². The Balaban J connectivity index is 0.000000342. The molecule has 20 heteroatoms. The second-order valence-electron chi connectivity index (χ2n) is 18.3. The Labute approximate surface area is 456 Å². The average molecular weight is 1120 g/mol. The number of rotatable bonds is 18. The number of nitrogens with zero attached hydrogens (tertiary/aromatic N) is 2. The van der Waals surface area contributed by atoms with Crippen molar-refractivity contribution in [2.45, 2.75) is 116 Å². The van der Waals surface area contributed by atoms with Crippen molar-refractivity contribution in [1.82, 2.24) is 9.97 Å². The molecule has 0 bridgehead atoms. The maximum atomic E-state index is 13.6. The molecule has 4 aromatic carbocycles. The number of para-hydroxylation sites is 2. The molecule has 0 aliphatic heterocycles.